The molecule has 0 radical (unpaired) electrons. The van der Waals surface area contributed by atoms with Crippen LogP contribution in [0.25, 0.3) is 0 Å². The number of esters is 2. The molecule has 6 nitrogen and oxygen atoms in total. The minimum absolute atomic E-state index is 0.270. The molecule has 2 aliphatic heterocycles. The Hall–Kier alpha value is -1.92. The van der Waals surface area contributed by atoms with Crippen molar-refractivity contribution in [3.63, 3.8) is 0 Å². The molecule has 26 heavy (non-hydrogen) atoms. The van der Waals surface area contributed by atoms with Crippen molar-refractivity contribution in [2.24, 2.45) is 5.92 Å². The average molecular weight is 362 g/mol. The van der Waals surface area contributed by atoms with Crippen molar-refractivity contribution >= 4 is 11.9 Å². The molecule has 0 aromatic heterocycles. The smallest absolute Gasteiger partial charge is 0.334 e. The van der Waals surface area contributed by atoms with Gasteiger partial charge in [-0.2, -0.15) is 0 Å². The van der Waals surface area contributed by atoms with Gasteiger partial charge in [-0.25, -0.2) is 9.59 Å². The Morgan fingerprint density at radius 3 is 2.77 bits per heavy atom. The van der Waals surface area contributed by atoms with E-state index in [1.165, 1.54) is 0 Å². The Morgan fingerprint density at radius 2 is 2.12 bits per heavy atom. The molecule has 0 aromatic carbocycles. The maximum absolute atomic E-state index is 12.4. The topological polar surface area (TPSA) is 85.4 Å². The van der Waals surface area contributed by atoms with E-state index >= 15 is 0 Å². The lowest BCUT2D eigenvalue weighted by atomic mass is 9.80. The van der Waals surface area contributed by atoms with Crippen LogP contribution in [-0.2, 0) is 23.8 Å². The van der Waals surface area contributed by atoms with Crippen LogP contribution in [-0.4, -0.2) is 47.1 Å². The molecule has 2 saturated heterocycles. The lowest BCUT2D eigenvalue weighted by molar-refractivity contribution is -0.149. The fourth-order valence-electron chi connectivity index (χ4n) is 3.78. The Bertz CT molecular complexity index is 692. The van der Waals surface area contributed by atoms with E-state index in [0.29, 0.717) is 30.4 Å². The van der Waals surface area contributed by atoms with Crippen LogP contribution in [0.3, 0.4) is 0 Å². The van der Waals surface area contributed by atoms with Gasteiger partial charge in [0.25, 0.3) is 0 Å². The second-order valence-corrected chi connectivity index (χ2v) is 7.60. The van der Waals surface area contributed by atoms with Crippen molar-refractivity contribution in [2.45, 2.75) is 70.1 Å². The van der Waals surface area contributed by atoms with E-state index in [2.05, 4.69) is 13.2 Å². The van der Waals surface area contributed by atoms with Crippen LogP contribution < -0.4 is 0 Å². The molecule has 1 saturated carbocycles. The summed E-state index contributed by atoms with van der Waals surface area (Å²) in [6, 6.07) is 0. The highest BCUT2D eigenvalue weighted by atomic mass is 16.6. The van der Waals surface area contributed by atoms with E-state index in [0.717, 1.165) is 0 Å². The molecular weight excluding hydrogens is 336 g/mol. The van der Waals surface area contributed by atoms with Gasteiger partial charge >= 0.3 is 11.9 Å². The summed E-state index contributed by atoms with van der Waals surface area (Å²) in [5.41, 5.74) is 0.826. The van der Waals surface area contributed by atoms with Crippen molar-refractivity contribution in [1.29, 1.82) is 0 Å². The number of rotatable bonds is 2. The van der Waals surface area contributed by atoms with Crippen LogP contribution in [0, 0.1) is 5.92 Å². The Labute approximate surface area is 153 Å². The molecule has 2 heterocycles. The molecule has 1 N–H and O–H groups in total. The molecule has 0 aromatic rings. The zero-order valence-corrected chi connectivity index (χ0v) is 15.5. The predicted molar refractivity (Wildman–Crippen MR) is 94.1 cm³/mol. The molecule has 3 fully saturated rings. The third kappa shape index (κ3) is 3.23. The second kappa shape index (κ2) is 6.67. The van der Waals surface area contributed by atoms with E-state index < -0.39 is 41.8 Å². The van der Waals surface area contributed by atoms with Gasteiger partial charge in [0.1, 0.15) is 18.3 Å². The van der Waals surface area contributed by atoms with Crippen LogP contribution in [0.2, 0.25) is 0 Å². The van der Waals surface area contributed by atoms with E-state index in [9.17, 15) is 14.7 Å². The standard InChI is InChI=1S/C20H26O6/c1-6-10(2)18(22)25-16-15-12(4)19(23)24-14(15)9-11(3)13(21)7-8-20(5)17(16)26-20/h6,13-17,21H,3-4,7-9H2,1-2,5H3/b10-6-/t13-,14-,15+,16-,17+,20+/m0/s1. The number of carbonyl (C=O) groups excluding carboxylic acids is 2. The molecule has 6 heteroatoms. The van der Waals surface area contributed by atoms with Crippen molar-refractivity contribution in [2.75, 3.05) is 0 Å². The largest absolute Gasteiger partial charge is 0.458 e. The fourth-order valence-corrected chi connectivity index (χ4v) is 3.78. The third-order valence-corrected chi connectivity index (χ3v) is 5.76. The average Bonchev–Trinajstić information content (AvgIpc) is 3.20. The summed E-state index contributed by atoms with van der Waals surface area (Å²) in [6.45, 7) is 13.2. The lowest BCUT2D eigenvalue weighted by Crippen LogP contribution is -2.41. The number of ether oxygens (including phenoxy) is 3. The third-order valence-electron chi connectivity index (χ3n) is 5.76. The van der Waals surface area contributed by atoms with Crippen LogP contribution in [0.15, 0.2) is 36.0 Å². The summed E-state index contributed by atoms with van der Waals surface area (Å²) in [5.74, 6) is -1.48. The van der Waals surface area contributed by atoms with Gasteiger partial charge in [-0.05, 0) is 39.2 Å². The highest BCUT2D eigenvalue weighted by Crippen LogP contribution is 2.50. The summed E-state index contributed by atoms with van der Waals surface area (Å²) in [4.78, 5) is 24.5. The molecule has 1 aliphatic carbocycles. The highest BCUT2D eigenvalue weighted by Gasteiger charge is 2.62. The van der Waals surface area contributed by atoms with Gasteiger partial charge in [-0.3, -0.25) is 0 Å². The van der Waals surface area contributed by atoms with Gasteiger partial charge in [-0.1, -0.05) is 19.2 Å². The van der Waals surface area contributed by atoms with Crippen LogP contribution in [0.4, 0.5) is 0 Å². The number of fused-ring (bicyclic) bond motifs is 2. The van der Waals surface area contributed by atoms with Gasteiger partial charge < -0.3 is 19.3 Å². The first-order chi connectivity index (χ1) is 12.2. The quantitative estimate of drug-likeness (QED) is 0.351. The molecule has 142 valence electrons. The summed E-state index contributed by atoms with van der Waals surface area (Å²) in [5, 5.41) is 10.3. The number of hydrogen-bond donors (Lipinski definition) is 1. The Balaban J connectivity index is 1.96. The molecule has 0 bridgehead atoms. The normalized spacial score (nSPS) is 40.4. The van der Waals surface area contributed by atoms with Crippen molar-refractivity contribution in [3.05, 3.63) is 36.0 Å². The molecule has 3 aliphatic rings. The zero-order chi connectivity index (χ0) is 19.2. The first-order valence-electron chi connectivity index (χ1n) is 8.95. The maximum atomic E-state index is 12.4. The van der Waals surface area contributed by atoms with Crippen molar-refractivity contribution in [3.8, 4) is 0 Å². The summed E-state index contributed by atoms with van der Waals surface area (Å²) in [6.07, 6.45) is 0.775. The lowest BCUT2D eigenvalue weighted by Gasteiger charge is -2.29. The molecule has 6 atom stereocenters. The number of aliphatic hydroxyl groups is 1. The van der Waals surface area contributed by atoms with E-state index in [-0.39, 0.29) is 11.7 Å². The fraction of sp³-hybridized carbons (Fsp3) is 0.600. The SMILES string of the molecule is C=C1C(=O)O[C@H]2CC(=C)[C@@H](O)CC[C@@]3(C)O[C@@H]3[C@@H](OC(=O)/C(C)=C\C)[C@H]12. The first kappa shape index (κ1) is 18.9. The minimum atomic E-state index is -0.686. The summed E-state index contributed by atoms with van der Waals surface area (Å²) in [7, 11) is 0. The number of carbonyl (C=O) groups is 2. The second-order valence-electron chi connectivity index (χ2n) is 7.60. The van der Waals surface area contributed by atoms with Crippen molar-refractivity contribution < 1.29 is 28.9 Å². The van der Waals surface area contributed by atoms with Crippen LogP contribution in [0.1, 0.15) is 40.0 Å². The molecule has 0 spiro atoms. The number of aliphatic hydroxyl groups excluding tert-OH is 1. The maximum Gasteiger partial charge on any atom is 0.334 e. The van der Waals surface area contributed by atoms with E-state index in [1.54, 1.807) is 19.9 Å². The van der Waals surface area contributed by atoms with Crippen LogP contribution >= 0.6 is 0 Å². The van der Waals surface area contributed by atoms with Gasteiger partial charge in [0.15, 0.2) is 0 Å². The molecule has 3 rings (SSSR count). The van der Waals surface area contributed by atoms with Crippen LogP contribution in [0.5, 0.6) is 0 Å². The summed E-state index contributed by atoms with van der Waals surface area (Å²) >= 11 is 0. The zero-order valence-electron chi connectivity index (χ0n) is 15.5. The van der Waals surface area contributed by atoms with E-state index in [1.807, 2.05) is 6.92 Å². The molecule has 0 unspecified atom stereocenters. The summed E-state index contributed by atoms with van der Waals surface area (Å²) < 4.78 is 17.1. The Kier molecular flexibility index (Phi) is 4.84. The molecular formula is C20H26O6. The predicted octanol–water partition coefficient (Wildman–Crippen LogP) is 2.22. The van der Waals surface area contributed by atoms with Gasteiger partial charge in [0.05, 0.1) is 17.6 Å². The van der Waals surface area contributed by atoms with Crippen molar-refractivity contribution in [1.82, 2.24) is 0 Å². The number of epoxide rings is 1. The van der Waals surface area contributed by atoms with E-state index in [4.69, 9.17) is 14.2 Å². The van der Waals surface area contributed by atoms with Gasteiger partial charge in [-0.15, -0.1) is 0 Å². The minimum Gasteiger partial charge on any atom is -0.458 e. The Morgan fingerprint density at radius 1 is 1.42 bits per heavy atom. The number of allylic oxidation sites excluding steroid dienone is 1. The highest BCUT2D eigenvalue weighted by molar-refractivity contribution is 5.91. The first-order valence-corrected chi connectivity index (χ1v) is 8.95. The monoisotopic (exact) mass is 362 g/mol. The number of hydrogen-bond acceptors (Lipinski definition) is 6. The van der Waals surface area contributed by atoms with Gasteiger partial charge in [0, 0.05) is 17.6 Å². The molecule has 0 amide bonds. The van der Waals surface area contributed by atoms with Gasteiger partial charge in [0.2, 0.25) is 0 Å².